The van der Waals surface area contributed by atoms with Crippen LogP contribution in [0.15, 0.2) is 18.5 Å². The van der Waals surface area contributed by atoms with Crippen LogP contribution in [0.5, 0.6) is 0 Å². The van der Waals surface area contributed by atoms with Crippen molar-refractivity contribution in [1.82, 2.24) is 15.3 Å². The van der Waals surface area contributed by atoms with Gasteiger partial charge in [-0.15, -0.1) is 11.3 Å². The third-order valence-electron chi connectivity index (χ3n) is 7.55. The Bertz CT molecular complexity index is 1570. The largest absolute Gasteiger partial charge is 0.389 e. The number of rotatable bonds is 2. The number of anilines is 2. The number of nitrogens with two attached hydrogens (primary N) is 1. The zero-order valence-electron chi connectivity index (χ0n) is 18.5. The summed E-state index contributed by atoms with van der Waals surface area (Å²) in [5.41, 5.74) is 12.2. The maximum atomic E-state index is 14.7. The summed E-state index contributed by atoms with van der Waals surface area (Å²) in [5, 5.41) is 15.3. The highest BCUT2D eigenvalue weighted by molar-refractivity contribution is 7.23. The van der Waals surface area contributed by atoms with Crippen molar-refractivity contribution < 1.29 is 9.13 Å². The summed E-state index contributed by atoms with van der Waals surface area (Å²) < 4.78 is 21.1. The summed E-state index contributed by atoms with van der Waals surface area (Å²) >= 11 is 1.12. The molecule has 34 heavy (non-hydrogen) atoms. The van der Waals surface area contributed by atoms with Crippen LogP contribution in [0.4, 0.5) is 15.2 Å². The second kappa shape index (κ2) is 7.09. The predicted molar refractivity (Wildman–Crippen MR) is 130 cm³/mol. The first kappa shape index (κ1) is 20.1. The maximum absolute atomic E-state index is 14.7. The van der Waals surface area contributed by atoms with E-state index >= 15 is 0 Å². The Hall–Kier alpha value is -3.32. The molecule has 2 atom stereocenters. The molecule has 0 unspecified atom stereocenters. The lowest BCUT2D eigenvalue weighted by atomic mass is 9.87. The Balaban J connectivity index is 1.55. The van der Waals surface area contributed by atoms with Crippen LogP contribution in [-0.2, 0) is 18.0 Å². The summed E-state index contributed by atoms with van der Waals surface area (Å²) in [6.07, 6.45) is 2.77. The molecule has 0 amide bonds. The summed E-state index contributed by atoms with van der Waals surface area (Å²) in [6.45, 7) is 4.87. The number of thiophene rings is 1. The Morgan fingerprint density at radius 1 is 1.26 bits per heavy atom. The number of fused-ring (bicyclic) bond motifs is 6. The molecular formula is C25H21FN6OS. The van der Waals surface area contributed by atoms with E-state index in [4.69, 9.17) is 20.4 Å². The Labute approximate surface area is 199 Å². The van der Waals surface area contributed by atoms with E-state index in [2.05, 4.69) is 16.3 Å². The molecule has 2 fully saturated rings. The van der Waals surface area contributed by atoms with Crippen molar-refractivity contribution in [2.75, 3.05) is 23.7 Å². The average Bonchev–Trinajstić information content (AvgIpc) is 3.63. The van der Waals surface area contributed by atoms with Gasteiger partial charge in [0.1, 0.15) is 29.0 Å². The van der Waals surface area contributed by atoms with Crippen LogP contribution in [-0.4, -0.2) is 35.1 Å². The average molecular weight is 473 g/mol. The SMILES string of the molecule is Cc1c(-c2ccc(F)c3sc(N)c(C#N)c23)c2c(c3c(N4C[C@H]5C[C@@H]4CN5)ncnc13)COC2. The molecule has 3 N–H and O–H groups in total. The van der Waals surface area contributed by atoms with Crippen molar-refractivity contribution in [3.05, 3.63) is 46.5 Å². The molecule has 7 nitrogen and oxygen atoms in total. The standard InChI is InChI=1S/C25H21FN6OS/c1-11-19(14-2-3-18(26)23-20(14)15(5-27)24(28)34-23)16-8-33-9-17(16)21-22(11)30-10-31-25(21)32-7-12-4-13(32)6-29-12/h2-3,10,12-13,29H,4,6-9,28H2,1H3/t12-,13-/m1/s1. The molecule has 2 saturated heterocycles. The molecule has 0 spiro atoms. The third-order valence-corrected chi connectivity index (χ3v) is 8.57. The van der Waals surface area contributed by atoms with Crippen LogP contribution in [0.2, 0.25) is 0 Å². The van der Waals surface area contributed by atoms with E-state index < -0.39 is 0 Å². The molecule has 2 bridgehead atoms. The number of aromatic nitrogens is 2. The van der Waals surface area contributed by atoms with Gasteiger partial charge in [-0.05, 0) is 47.2 Å². The van der Waals surface area contributed by atoms with Gasteiger partial charge in [0.15, 0.2) is 0 Å². The number of ether oxygens (including phenoxy) is 1. The molecule has 0 radical (unpaired) electrons. The highest BCUT2D eigenvalue weighted by Gasteiger charge is 2.40. The predicted octanol–water partition coefficient (Wildman–Crippen LogP) is 3.99. The lowest BCUT2D eigenvalue weighted by Crippen LogP contribution is -2.44. The molecule has 3 aliphatic rings. The van der Waals surface area contributed by atoms with Gasteiger partial charge in [-0.2, -0.15) is 5.26 Å². The first-order valence-corrected chi connectivity index (χ1v) is 12.2. The number of nitrogen functional groups attached to an aromatic ring is 1. The van der Waals surface area contributed by atoms with Crippen LogP contribution >= 0.6 is 11.3 Å². The van der Waals surface area contributed by atoms with Crippen molar-refractivity contribution in [3.8, 4) is 17.2 Å². The summed E-state index contributed by atoms with van der Waals surface area (Å²) in [7, 11) is 0. The topological polar surface area (TPSA) is 100 Å². The molecule has 5 heterocycles. The summed E-state index contributed by atoms with van der Waals surface area (Å²) in [4.78, 5) is 11.9. The number of nitrogens with one attached hydrogen (secondary N) is 1. The number of halogens is 1. The number of aryl methyl sites for hydroxylation is 1. The van der Waals surface area contributed by atoms with Gasteiger partial charge in [0.2, 0.25) is 0 Å². The highest BCUT2D eigenvalue weighted by atomic mass is 32.1. The van der Waals surface area contributed by atoms with Gasteiger partial charge < -0.3 is 20.7 Å². The third kappa shape index (κ3) is 2.56. The van der Waals surface area contributed by atoms with Gasteiger partial charge >= 0.3 is 0 Å². The molecular weight excluding hydrogens is 451 g/mol. The lowest BCUT2D eigenvalue weighted by Gasteiger charge is -2.30. The fourth-order valence-corrected chi connectivity index (χ4v) is 7.02. The van der Waals surface area contributed by atoms with Gasteiger partial charge in [-0.3, -0.25) is 0 Å². The molecule has 2 aromatic heterocycles. The quantitative estimate of drug-likeness (QED) is 0.455. The zero-order valence-corrected chi connectivity index (χ0v) is 19.3. The van der Waals surface area contributed by atoms with Crippen molar-refractivity contribution in [1.29, 1.82) is 5.26 Å². The summed E-state index contributed by atoms with van der Waals surface area (Å²) in [5.74, 6) is 0.600. The molecule has 7 rings (SSSR count). The van der Waals surface area contributed by atoms with Crippen LogP contribution in [0.1, 0.15) is 28.7 Å². The van der Waals surface area contributed by atoms with Crippen LogP contribution in [0, 0.1) is 24.1 Å². The number of benzene rings is 2. The van der Waals surface area contributed by atoms with E-state index in [-0.39, 0.29) is 5.82 Å². The Kier molecular flexibility index (Phi) is 4.19. The minimum atomic E-state index is -0.370. The zero-order chi connectivity index (χ0) is 23.1. The molecule has 3 aliphatic heterocycles. The van der Waals surface area contributed by atoms with Crippen molar-refractivity contribution >= 4 is 43.1 Å². The molecule has 9 heteroatoms. The van der Waals surface area contributed by atoms with E-state index in [0.29, 0.717) is 45.9 Å². The molecule has 4 aromatic rings. The maximum Gasteiger partial charge on any atom is 0.141 e. The van der Waals surface area contributed by atoms with Crippen molar-refractivity contribution in [2.45, 2.75) is 38.6 Å². The van der Waals surface area contributed by atoms with Gasteiger partial charge in [0, 0.05) is 35.9 Å². The first-order chi connectivity index (χ1) is 16.6. The first-order valence-electron chi connectivity index (χ1n) is 11.3. The van der Waals surface area contributed by atoms with Crippen LogP contribution < -0.4 is 16.0 Å². The summed E-state index contributed by atoms with van der Waals surface area (Å²) in [6, 6.07) is 6.34. The molecule has 2 aromatic carbocycles. The van der Waals surface area contributed by atoms with E-state index in [0.717, 1.165) is 75.4 Å². The number of nitriles is 1. The minimum Gasteiger partial charge on any atom is -0.389 e. The number of nitrogens with zero attached hydrogens (tertiary/aromatic N) is 4. The molecule has 0 saturated carbocycles. The monoisotopic (exact) mass is 472 g/mol. The fourth-order valence-electron chi connectivity index (χ4n) is 6.07. The van der Waals surface area contributed by atoms with Gasteiger partial charge in [0.25, 0.3) is 0 Å². The number of hydrogen-bond acceptors (Lipinski definition) is 8. The van der Waals surface area contributed by atoms with Gasteiger partial charge in [-0.1, -0.05) is 6.07 Å². The van der Waals surface area contributed by atoms with Gasteiger partial charge in [0.05, 0.1) is 29.0 Å². The van der Waals surface area contributed by atoms with E-state index in [1.54, 1.807) is 12.4 Å². The minimum absolute atomic E-state index is 0.325. The van der Waals surface area contributed by atoms with E-state index in [1.165, 1.54) is 6.07 Å². The van der Waals surface area contributed by atoms with E-state index in [1.807, 2.05) is 6.92 Å². The molecule has 0 aliphatic carbocycles. The number of piperazine rings is 1. The fraction of sp³-hybridized carbons (Fsp3) is 0.320. The number of hydrogen-bond donors (Lipinski definition) is 2. The van der Waals surface area contributed by atoms with Crippen LogP contribution in [0.3, 0.4) is 0 Å². The Morgan fingerprint density at radius 2 is 2.12 bits per heavy atom. The Morgan fingerprint density at radius 3 is 2.88 bits per heavy atom. The van der Waals surface area contributed by atoms with Gasteiger partial charge in [-0.25, -0.2) is 14.4 Å². The van der Waals surface area contributed by atoms with Crippen molar-refractivity contribution in [2.24, 2.45) is 0 Å². The van der Waals surface area contributed by atoms with Crippen LogP contribution in [0.25, 0.3) is 32.1 Å². The van der Waals surface area contributed by atoms with E-state index in [9.17, 15) is 9.65 Å². The normalized spacial score (nSPS) is 21.0. The highest BCUT2D eigenvalue weighted by Crippen LogP contribution is 2.47. The lowest BCUT2D eigenvalue weighted by molar-refractivity contribution is 0.135. The van der Waals surface area contributed by atoms with Crippen molar-refractivity contribution in [3.63, 3.8) is 0 Å². The smallest absolute Gasteiger partial charge is 0.141 e. The molecule has 170 valence electrons. The second-order valence-electron chi connectivity index (χ2n) is 9.27. The second-order valence-corrected chi connectivity index (χ2v) is 10.3.